The van der Waals surface area contributed by atoms with Gasteiger partial charge in [-0.05, 0) is 44.7 Å². The highest BCUT2D eigenvalue weighted by molar-refractivity contribution is 7.82. The number of thiol groups is 1. The Kier molecular flexibility index (Phi) is 7.03. The number of amides is 2. The fourth-order valence-corrected chi connectivity index (χ4v) is 4.09. The van der Waals surface area contributed by atoms with E-state index >= 15 is 0 Å². The smallest absolute Gasteiger partial charge is 0.330 e. The van der Waals surface area contributed by atoms with Crippen LogP contribution in [0.25, 0.3) is 0 Å². The summed E-state index contributed by atoms with van der Waals surface area (Å²) < 4.78 is 6.13. The average molecular weight is 389 g/mol. The molecule has 1 aromatic rings. The maximum atomic E-state index is 12.1. The van der Waals surface area contributed by atoms with Gasteiger partial charge in [0.2, 0.25) is 0 Å². The highest BCUT2D eigenvalue weighted by Gasteiger charge is 2.45. The zero-order valence-corrected chi connectivity index (χ0v) is 17.8. The fraction of sp³-hybridized carbons (Fsp3) is 0.600. The minimum absolute atomic E-state index is 0.199. The molecule has 2 amide bonds. The van der Waals surface area contributed by atoms with E-state index in [1.807, 2.05) is 12.1 Å². The van der Waals surface area contributed by atoms with Gasteiger partial charge in [0.15, 0.2) is 0 Å². The molecule has 5 nitrogen and oxygen atoms in total. The van der Waals surface area contributed by atoms with Crippen LogP contribution in [0.3, 0.4) is 0 Å². The van der Waals surface area contributed by atoms with Crippen molar-refractivity contribution in [2.24, 2.45) is 5.92 Å². The second kappa shape index (κ2) is 8.69. The summed E-state index contributed by atoms with van der Waals surface area (Å²) in [5.41, 5.74) is 3.79. The number of anilines is 1. The quantitative estimate of drug-likeness (QED) is 0.388. The van der Waals surface area contributed by atoms with Crippen LogP contribution in [0.1, 0.15) is 60.3 Å². The van der Waals surface area contributed by atoms with Crippen molar-refractivity contribution in [1.29, 1.82) is 0 Å². The fourth-order valence-electron chi connectivity index (χ4n) is 3.72. The van der Waals surface area contributed by atoms with Crippen molar-refractivity contribution >= 4 is 43.1 Å². The molecule has 1 N–H and O–H groups in total. The topological polar surface area (TPSA) is 58.6 Å². The molecule has 1 heterocycles. The van der Waals surface area contributed by atoms with Gasteiger partial charge >= 0.3 is 7.48 Å². The first-order chi connectivity index (χ1) is 12.8. The molecule has 1 unspecified atom stereocenters. The van der Waals surface area contributed by atoms with Crippen LogP contribution in [0.15, 0.2) is 24.3 Å². The molecule has 0 aliphatic carbocycles. The molecular formula is C20H30BN2O3S. The molecule has 0 saturated carbocycles. The normalized spacial score (nSPS) is 18.0. The van der Waals surface area contributed by atoms with Crippen molar-refractivity contribution in [3.8, 4) is 0 Å². The molecule has 147 valence electrons. The molecule has 0 spiro atoms. The van der Waals surface area contributed by atoms with Crippen LogP contribution < -0.4 is 15.9 Å². The third-order valence-electron chi connectivity index (χ3n) is 5.94. The summed E-state index contributed by atoms with van der Waals surface area (Å²) in [6, 6.07) is 7.37. The number of carbonyl (C=O) groups is 2. The Balaban J connectivity index is 2.12. The van der Waals surface area contributed by atoms with Crippen LogP contribution in [-0.2, 0) is 14.2 Å². The molecule has 1 aromatic carbocycles. The van der Waals surface area contributed by atoms with Crippen molar-refractivity contribution < 1.29 is 14.2 Å². The lowest BCUT2D eigenvalue weighted by Crippen LogP contribution is -2.52. The molecule has 1 atom stereocenters. The first-order valence-corrected chi connectivity index (χ1v) is 10.2. The summed E-state index contributed by atoms with van der Waals surface area (Å²) >= 11 is 4.98. The third-order valence-corrected chi connectivity index (χ3v) is 6.98. The number of benzene rings is 1. The minimum Gasteiger partial charge on any atom is -0.428 e. The standard InChI is InChI=1S/C20H30BN2O3S/c1-6-19(7-2,20(27,8-3)9-4)26-21-15-10-12-16(13-11-15)23-18(25)14(5)17(24)22-23/h10-14,27H,6-9H2,1-5H3,(H,22,24). The number of hydrogen-bond acceptors (Lipinski definition) is 4. The largest absolute Gasteiger partial charge is 0.428 e. The van der Waals surface area contributed by atoms with Crippen LogP contribution in [0, 0.1) is 5.92 Å². The van der Waals surface area contributed by atoms with E-state index in [1.165, 1.54) is 5.01 Å². The maximum Gasteiger partial charge on any atom is 0.330 e. The maximum absolute atomic E-state index is 12.1. The highest BCUT2D eigenvalue weighted by Crippen LogP contribution is 2.42. The molecule has 1 radical (unpaired) electrons. The lowest BCUT2D eigenvalue weighted by molar-refractivity contribution is -0.126. The monoisotopic (exact) mass is 389 g/mol. The van der Waals surface area contributed by atoms with Crippen molar-refractivity contribution in [1.82, 2.24) is 5.43 Å². The summed E-state index contributed by atoms with van der Waals surface area (Å²) in [6.07, 6.45) is 3.59. The molecule has 1 aliphatic heterocycles. The second-order valence-corrected chi connectivity index (χ2v) is 7.99. The Bertz CT molecular complexity index is 672. The number of carbonyl (C=O) groups excluding carboxylic acids is 2. The van der Waals surface area contributed by atoms with Crippen molar-refractivity contribution in [2.45, 2.75) is 70.7 Å². The summed E-state index contributed by atoms with van der Waals surface area (Å²) in [6.45, 7) is 10.2. The highest BCUT2D eigenvalue weighted by atomic mass is 32.1. The molecule has 1 fully saturated rings. The van der Waals surface area contributed by atoms with Gasteiger partial charge in [0.1, 0.15) is 5.92 Å². The van der Waals surface area contributed by atoms with Crippen molar-refractivity contribution in [2.75, 3.05) is 5.01 Å². The predicted molar refractivity (Wildman–Crippen MR) is 113 cm³/mol. The van der Waals surface area contributed by atoms with Gasteiger partial charge in [0.05, 0.1) is 11.3 Å². The van der Waals surface area contributed by atoms with E-state index in [9.17, 15) is 9.59 Å². The van der Waals surface area contributed by atoms with Gasteiger partial charge in [-0.25, -0.2) is 5.01 Å². The predicted octanol–water partition coefficient (Wildman–Crippen LogP) is 3.01. The van der Waals surface area contributed by atoms with E-state index in [4.69, 9.17) is 17.3 Å². The minimum atomic E-state index is -0.652. The van der Waals surface area contributed by atoms with E-state index in [-0.39, 0.29) is 22.2 Å². The van der Waals surface area contributed by atoms with E-state index < -0.39 is 5.92 Å². The van der Waals surface area contributed by atoms with E-state index in [0.717, 1.165) is 31.1 Å². The first kappa shape index (κ1) is 21.8. The van der Waals surface area contributed by atoms with Crippen LogP contribution in [0.5, 0.6) is 0 Å². The Labute approximate surface area is 168 Å². The average Bonchev–Trinajstić information content (AvgIpc) is 2.96. The molecular weight excluding hydrogens is 359 g/mol. The zero-order chi connectivity index (χ0) is 20.2. The van der Waals surface area contributed by atoms with Gasteiger partial charge in [-0.3, -0.25) is 15.0 Å². The van der Waals surface area contributed by atoms with Gasteiger partial charge in [-0.15, -0.1) is 0 Å². The van der Waals surface area contributed by atoms with Crippen LogP contribution in [0.2, 0.25) is 0 Å². The molecule has 7 heteroatoms. The van der Waals surface area contributed by atoms with Gasteiger partial charge in [0, 0.05) is 4.75 Å². The van der Waals surface area contributed by atoms with Crippen LogP contribution in [-0.4, -0.2) is 29.6 Å². The second-order valence-electron chi connectivity index (χ2n) is 7.14. The Morgan fingerprint density at radius 2 is 1.63 bits per heavy atom. The Morgan fingerprint density at radius 1 is 1.07 bits per heavy atom. The van der Waals surface area contributed by atoms with Crippen molar-refractivity contribution in [3.63, 3.8) is 0 Å². The van der Waals surface area contributed by atoms with E-state index in [2.05, 4.69) is 33.1 Å². The van der Waals surface area contributed by atoms with Crippen LogP contribution >= 0.6 is 12.6 Å². The molecule has 2 rings (SSSR count). The van der Waals surface area contributed by atoms with Gasteiger partial charge in [-0.2, -0.15) is 12.6 Å². The number of nitrogens with one attached hydrogen (secondary N) is 1. The summed E-state index contributed by atoms with van der Waals surface area (Å²) in [5.74, 6) is -1.17. The molecule has 1 aliphatic rings. The molecule has 27 heavy (non-hydrogen) atoms. The summed E-state index contributed by atoms with van der Waals surface area (Å²) in [4.78, 5) is 23.8. The molecule has 0 aromatic heterocycles. The zero-order valence-electron chi connectivity index (χ0n) is 16.9. The van der Waals surface area contributed by atoms with Crippen molar-refractivity contribution in [3.05, 3.63) is 24.3 Å². The van der Waals surface area contributed by atoms with Gasteiger partial charge in [0.25, 0.3) is 11.8 Å². The Morgan fingerprint density at radius 3 is 2.04 bits per heavy atom. The lowest BCUT2D eigenvalue weighted by atomic mass is 9.75. The van der Waals surface area contributed by atoms with Gasteiger partial charge < -0.3 is 4.65 Å². The number of hydrogen-bond donors (Lipinski definition) is 2. The SMILES string of the molecule is CCC(S)(CC)C(CC)(CC)O[B]c1ccc(N2NC(=O)C(C)C2=O)cc1. The molecule has 0 bridgehead atoms. The van der Waals surface area contributed by atoms with E-state index in [1.54, 1.807) is 26.5 Å². The first-order valence-electron chi connectivity index (χ1n) is 9.75. The Hall–Kier alpha value is -1.47. The summed E-state index contributed by atoms with van der Waals surface area (Å²) in [5, 5.41) is 1.30. The van der Waals surface area contributed by atoms with Crippen LogP contribution in [0.4, 0.5) is 5.69 Å². The van der Waals surface area contributed by atoms with Gasteiger partial charge in [-0.1, -0.05) is 45.3 Å². The lowest BCUT2D eigenvalue weighted by Gasteiger charge is -2.47. The number of rotatable bonds is 9. The third kappa shape index (κ3) is 4.04. The summed E-state index contributed by atoms with van der Waals surface area (Å²) in [7, 11) is 1.78. The number of nitrogens with zero attached hydrogens (tertiary/aromatic N) is 1. The van der Waals surface area contributed by atoms with E-state index in [0.29, 0.717) is 5.69 Å². The number of hydrazine groups is 1. The molecule has 1 saturated heterocycles.